The summed E-state index contributed by atoms with van der Waals surface area (Å²) < 4.78 is 13.3. The molecule has 2 heterocycles. The second-order valence-electron chi connectivity index (χ2n) is 8.80. The molecule has 7 heteroatoms. The van der Waals surface area contributed by atoms with E-state index in [9.17, 15) is 23.6 Å². The van der Waals surface area contributed by atoms with Gasteiger partial charge in [0.1, 0.15) is 11.9 Å². The number of hydrogen-bond acceptors (Lipinski definition) is 4. The summed E-state index contributed by atoms with van der Waals surface area (Å²) >= 11 is 0. The van der Waals surface area contributed by atoms with E-state index in [0.29, 0.717) is 23.1 Å². The van der Waals surface area contributed by atoms with Crippen molar-refractivity contribution < 1.29 is 23.6 Å². The van der Waals surface area contributed by atoms with E-state index in [1.165, 1.54) is 17.0 Å². The van der Waals surface area contributed by atoms with Gasteiger partial charge < -0.3 is 4.90 Å². The van der Waals surface area contributed by atoms with Crippen LogP contribution in [0.15, 0.2) is 42.5 Å². The second-order valence-corrected chi connectivity index (χ2v) is 8.80. The summed E-state index contributed by atoms with van der Waals surface area (Å²) in [5, 5.41) is 2.29. The third-order valence-electron chi connectivity index (χ3n) is 6.35. The van der Waals surface area contributed by atoms with Gasteiger partial charge in [-0.1, -0.05) is 32.0 Å². The highest BCUT2D eigenvalue weighted by molar-refractivity contribution is 6.06. The van der Waals surface area contributed by atoms with Crippen LogP contribution >= 0.6 is 0 Å². The first-order valence-electron chi connectivity index (χ1n) is 10.8. The monoisotopic (exact) mass is 436 g/mol. The number of halogens is 1. The maximum Gasteiger partial charge on any atom is 0.255 e. The van der Waals surface area contributed by atoms with Crippen LogP contribution in [0.3, 0.4) is 0 Å². The van der Waals surface area contributed by atoms with Gasteiger partial charge in [-0.3, -0.25) is 24.5 Å². The van der Waals surface area contributed by atoms with Gasteiger partial charge in [-0.25, -0.2) is 4.39 Å². The second kappa shape index (κ2) is 8.65. The number of benzene rings is 2. The normalized spacial score (nSPS) is 19.2. The van der Waals surface area contributed by atoms with Crippen LogP contribution in [-0.4, -0.2) is 34.4 Å². The summed E-state index contributed by atoms with van der Waals surface area (Å²) in [6.45, 7) is 4.29. The molecule has 0 radical (unpaired) electrons. The Kier molecular flexibility index (Phi) is 5.91. The number of piperidine rings is 1. The van der Waals surface area contributed by atoms with E-state index in [4.69, 9.17) is 0 Å². The van der Waals surface area contributed by atoms with Crippen molar-refractivity contribution in [3.05, 3.63) is 70.5 Å². The maximum atomic E-state index is 13.3. The van der Waals surface area contributed by atoms with Gasteiger partial charge in [0.15, 0.2) is 5.78 Å². The molecule has 1 saturated heterocycles. The summed E-state index contributed by atoms with van der Waals surface area (Å²) in [6.07, 6.45) is 0.761. The highest BCUT2D eigenvalue weighted by atomic mass is 19.1. The minimum absolute atomic E-state index is 0.0530. The smallest absolute Gasteiger partial charge is 0.255 e. The molecule has 1 unspecified atom stereocenters. The van der Waals surface area contributed by atoms with Crippen molar-refractivity contribution in [2.75, 3.05) is 0 Å². The molecule has 2 aliphatic rings. The van der Waals surface area contributed by atoms with Crippen molar-refractivity contribution in [3.63, 3.8) is 0 Å². The van der Waals surface area contributed by atoms with E-state index >= 15 is 0 Å². The SMILES string of the molecule is CC(C)[C@H](CC(=O)c1ccc2c(c1)CN(C1CCC(=O)NC1=O)C2=O)c1ccc(F)cc1. The lowest BCUT2D eigenvalue weighted by molar-refractivity contribution is -0.136. The van der Waals surface area contributed by atoms with Gasteiger partial charge in [0.2, 0.25) is 11.8 Å². The van der Waals surface area contributed by atoms with Crippen LogP contribution in [0.25, 0.3) is 0 Å². The van der Waals surface area contributed by atoms with Crippen LogP contribution in [0.4, 0.5) is 4.39 Å². The number of ketones is 1. The molecular weight excluding hydrogens is 411 g/mol. The number of fused-ring (bicyclic) bond motifs is 1. The Labute approximate surface area is 185 Å². The predicted octanol–water partition coefficient (Wildman–Crippen LogP) is 3.60. The molecule has 0 aliphatic carbocycles. The first kappa shape index (κ1) is 21.9. The molecule has 2 aromatic carbocycles. The Hall–Kier alpha value is -3.35. The Morgan fingerprint density at radius 3 is 2.50 bits per heavy atom. The van der Waals surface area contributed by atoms with Crippen LogP contribution in [0, 0.1) is 11.7 Å². The Morgan fingerprint density at radius 2 is 1.84 bits per heavy atom. The number of hydrogen-bond donors (Lipinski definition) is 1. The average molecular weight is 436 g/mol. The van der Waals surface area contributed by atoms with E-state index in [0.717, 1.165) is 5.56 Å². The number of carbonyl (C=O) groups is 4. The zero-order valence-corrected chi connectivity index (χ0v) is 18.1. The van der Waals surface area contributed by atoms with Crippen molar-refractivity contribution in [1.29, 1.82) is 0 Å². The summed E-state index contributed by atoms with van der Waals surface area (Å²) in [5.74, 6) is -1.29. The molecule has 1 fully saturated rings. The van der Waals surface area contributed by atoms with E-state index in [1.807, 2.05) is 13.8 Å². The molecule has 166 valence electrons. The standard InChI is InChI=1S/C25H25FN2O4/c1-14(2)20(15-3-6-18(26)7-4-15)12-22(29)16-5-8-19-17(11-16)13-28(25(19)32)21-9-10-23(30)27-24(21)31/h3-8,11,14,20-21H,9-10,12-13H2,1-2H3,(H,27,30,31)/t20-,21?/m0/s1. The fourth-order valence-corrected chi connectivity index (χ4v) is 4.51. The quantitative estimate of drug-likeness (QED) is 0.554. The van der Waals surface area contributed by atoms with Gasteiger partial charge in [-0.05, 0) is 53.6 Å². The van der Waals surface area contributed by atoms with Crippen LogP contribution in [0.2, 0.25) is 0 Å². The summed E-state index contributed by atoms with van der Waals surface area (Å²) in [4.78, 5) is 51.0. The van der Waals surface area contributed by atoms with Gasteiger partial charge in [-0.15, -0.1) is 0 Å². The first-order valence-corrected chi connectivity index (χ1v) is 10.8. The topological polar surface area (TPSA) is 83.6 Å². The highest BCUT2D eigenvalue weighted by Gasteiger charge is 2.39. The lowest BCUT2D eigenvalue weighted by atomic mass is 9.83. The number of Topliss-reactive ketones (excluding diaryl/α,β-unsaturated/α-hetero) is 1. The number of nitrogens with one attached hydrogen (secondary N) is 1. The third kappa shape index (κ3) is 4.20. The molecule has 1 N–H and O–H groups in total. The molecule has 2 aliphatic heterocycles. The van der Waals surface area contributed by atoms with E-state index in [-0.39, 0.29) is 54.6 Å². The molecule has 32 heavy (non-hydrogen) atoms. The lowest BCUT2D eigenvalue weighted by Gasteiger charge is -2.29. The van der Waals surface area contributed by atoms with E-state index in [2.05, 4.69) is 5.32 Å². The molecule has 0 spiro atoms. The van der Waals surface area contributed by atoms with Crippen LogP contribution in [0.1, 0.15) is 70.9 Å². The number of amides is 3. The third-order valence-corrected chi connectivity index (χ3v) is 6.35. The molecule has 2 atom stereocenters. The largest absolute Gasteiger partial charge is 0.322 e. The van der Waals surface area contributed by atoms with Crippen molar-refractivity contribution in [1.82, 2.24) is 10.2 Å². The number of imide groups is 1. The van der Waals surface area contributed by atoms with Crippen molar-refractivity contribution in [2.24, 2.45) is 5.92 Å². The van der Waals surface area contributed by atoms with Gasteiger partial charge >= 0.3 is 0 Å². The van der Waals surface area contributed by atoms with Crippen LogP contribution in [0.5, 0.6) is 0 Å². The van der Waals surface area contributed by atoms with Crippen LogP contribution < -0.4 is 5.32 Å². The number of nitrogens with zero attached hydrogens (tertiary/aromatic N) is 1. The minimum atomic E-state index is -0.685. The van der Waals surface area contributed by atoms with Crippen LogP contribution in [-0.2, 0) is 16.1 Å². The fraction of sp³-hybridized carbons (Fsp3) is 0.360. The fourth-order valence-electron chi connectivity index (χ4n) is 4.51. The van der Waals surface area contributed by atoms with E-state index < -0.39 is 11.9 Å². The minimum Gasteiger partial charge on any atom is -0.322 e. The highest BCUT2D eigenvalue weighted by Crippen LogP contribution is 2.32. The van der Waals surface area contributed by atoms with Crippen molar-refractivity contribution >= 4 is 23.5 Å². The Balaban J connectivity index is 1.52. The molecule has 6 nitrogen and oxygen atoms in total. The van der Waals surface area contributed by atoms with Gasteiger partial charge in [0.25, 0.3) is 5.91 Å². The average Bonchev–Trinajstić information content (AvgIpc) is 3.08. The summed E-state index contributed by atoms with van der Waals surface area (Å²) in [7, 11) is 0. The molecule has 0 saturated carbocycles. The molecule has 0 aromatic heterocycles. The molecule has 0 bridgehead atoms. The maximum absolute atomic E-state index is 13.3. The van der Waals surface area contributed by atoms with E-state index in [1.54, 1.807) is 30.3 Å². The van der Waals surface area contributed by atoms with Crippen molar-refractivity contribution in [2.45, 2.75) is 51.6 Å². The first-order chi connectivity index (χ1) is 15.2. The van der Waals surface area contributed by atoms with Gasteiger partial charge in [-0.2, -0.15) is 0 Å². The molecule has 3 amide bonds. The molecule has 2 aromatic rings. The summed E-state index contributed by atoms with van der Waals surface area (Å²) in [6, 6.07) is 10.6. The molecular formula is C25H25FN2O4. The Morgan fingerprint density at radius 1 is 1.12 bits per heavy atom. The lowest BCUT2D eigenvalue weighted by Crippen LogP contribution is -2.52. The number of carbonyl (C=O) groups excluding carboxylic acids is 4. The van der Waals surface area contributed by atoms with Gasteiger partial charge in [0.05, 0.1) is 0 Å². The zero-order valence-electron chi connectivity index (χ0n) is 18.1. The van der Waals surface area contributed by atoms with Gasteiger partial charge in [0, 0.05) is 30.5 Å². The zero-order chi connectivity index (χ0) is 23.0. The molecule has 4 rings (SSSR count). The number of rotatable bonds is 6. The Bertz CT molecular complexity index is 1090. The summed E-state index contributed by atoms with van der Waals surface area (Å²) in [5.41, 5.74) is 2.60. The predicted molar refractivity (Wildman–Crippen MR) is 115 cm³/mol. The van der Waals surface area contributed by atoms with Crippen molar-refractivity contribution in [3.8, 4) is 0 Å².